The molecule has 0 aromatic heterocycles. The van der Waals surface area contributed by atoms with Crippen LogP contribution in [0.25, 0.3) is 0 Å². The number of hydrogen-bond acceptors (Lipinski definition) is 4. The molecule has 0 heterocycles. The van der Waals surface area contributed by atoms with Crippen LogP contribution in [0.5, 0.6) is 0 Å². The van der Waals surface area contributed by atoms with Gasteiger partial charge < -0.3 is 15.0 Å². The SMILES string of the molecule is CC(C)CN(CC(C)C)C(=O)[C@H](CCCCNC(=O)OC(C)(C)C)C(=O)c1ccccc1. The highest BCUT2D eigenvalue weighted by Crippen LogP contribution is 2.20. The Morgan fingerprint density at radius 2 is 1.50 bits per heavy atom. The van der Waals surface area contributed by atoms with Crippen LogP contribution >= 0.6 is 0 Å². The lowest BCUT2D eigenvalue weighted by Crippen LogP contribution is -2.43. The predicted molar refractivity (Wildman–Crippen MR) is 129 cm³/mol. The first-order chi connectivity index (χ1) is 14.9. The zero-order valence-corrected chi connectivity index (χ0v) is 20.9. The normalized spacial score (nSPS) is 12.5. The summed E-state index contributed by atoms with van der Waals surface area (Å²) in [6.07, 6.45) is 1.32. The quantitative estimate of drug-likeness (QED) is 0.268. The molecule has 0 spiro atoms. The van der Waals surface area contributed by atoms with Crippen molar-refractivity contribution < 1.29 is 19.1 Å². The van der Waals surface area contributed by atoms with Gasteiger partial charge in [-0.05, 0) is 45.4 Å². The standard InChI is InChI=1S/C26H42N2O4/c1-19(2)17-28(18-20(3)4)24(30)22(23(29)21-13-9-8-10-14-21)15-11-12-16-27-25(31)32-26(5,6)7/h8-10,13-14,19-20,22H,11-12,15-18H2,1-7H3,(H,27,31)/t22-/m1/s1. The highest BCUT2D eigenvalue weighted by molar-refractivity contribution is 6.10. The van der Waals surface area contributed by atoms with Crippen molar-refractivity contribution in [2.75, 3.05) is 19.6 Å². The number of nitrogens with one attached hydrogen (secondary N) is 1. The Hall–Kier alpha value is -2.37. The summed E-state index contributed by atoms with van der Waals surface area (Å²) >= 11 is 0. The fourth-order valence-electron chi connectivity index (χ4n) is 3.50. The maximum absolute atomic E-state index is 13.5. The minimum absolute atomic E-state index is 0.0960. The number of rotatable bonds is 12. The van der Waals surface area contributed by atoms with E-state index < -0.39 is 17.6 Å². The Morgan fingerprint density at radius 1 is 0.938 bits per heavy atom. The Bertz CT molecular complexity index is 713. The molecule has 0 saturated heterocycles. The topological polar surface area (TPSA) is 75.7 Å². The lowest BCUT2D eigenvalue weighted by molar-refractivity contribution is -0.135. The van der Waals surface area contributed by atoms with E-state index in [0.717, 1.165) is 0 Å². The molecule has 32 heavy (non-hydrogen) atoms. The van der Waals surface area contributed by atoms with E-state index in [0.29, 0.717) is 56.3 Å². The Morgan fingerprint density at radius 3 is 2.00 bits per heavy atom. The third-order valence-corrected chi connectivity index (χ3v) is 4.74. The van der Waals surface area contributed by atoms with E-state index in [2.05, 4.69) is 33.0 Å². The maximum Gasteiger partial charge on any atom is 0.407 e. The van der Waals surface area contributed by atoms with E-state index in [1.165, 1.54) is 0 Å². The number of carbonyl (C=O) groups is 3. The van der Waals surface area contributed by atoms with Gasteiger partial charge in [0.25, 0.3) is 0 Å². The predicted octanol–water partition coefficient (Wildman–Crippen LogP) is 5.32. The van der Waals surface area contributed by atoms with Gasteiger partial charge in [-0.25, -0.2) is 4.79 Å². The summed E-state index contributed by atoms with van der Waals surface area (Å²) in [5.41, 5.74) is 0.0201. The van der Waals surface area contributed by atoms with E-state index in [9.17, 15) is 14.4 Å². The summed E-state index contributed by atoms with van der Waals surface area (Å²) in [6.45, 7) is 15.5. The molecule has 0 aliphatic rings. The molecule has 0 saturated carbocycles. The van der Waals surface area contributed by atoms with Gasteiger partial charge in [0.15, 0.2) is 5.78 Å². The molecule has 180 valence electrons. The van der Waals surface area contributed by atoms with Crippen molar-refractivity contribution in [1.29, 1.82) is 0 Å². The zero-order valence-electron chi connectivity index (χ0n) is 20.9. The molecule has 0 bridgehead atoms. The highest BCUT2D eigenvalue weighted by Gasteiger charge is 2.31. The average molecular weight is 447 g/mol. The number of ketones is 1. The van der Waals surface area contributed by atoms with Crippen LogP contribution in [0.15, 0.2) is 30.3 Å². The van der Waals surface area contributed by atoms with Crippen molar-refractivity contribution in [3.05, 3.63) is 35.9 Å². The fourth-order valence-corrected chi connectivity index (χ4v) is 3.50. The molecule has 1 N–H and O–H groups in total. The van der Waals surface area contributed by atoms with Crippen LogP contribution in [0, 0.1) is 17.8 Å². The van der Waals surface area contributed by atoms with E-state index >= 15 is 0 Å². The summed E-state index contributed by atoms with van der Waals surface area (Å²) in [5, 5.41) is 2.74. The van der Waals surface area contributed by atoms with Gasteiger partial charge in [0.2, 0.25) is 5.91 Å². The van der Waals surface area contributed by atoms with Crippen molar-refractivity contribution in [3.8, 4) is 0 Å². The fraction of sp³-hybridized carbons (Fsp3) is 0.654. The van der Waals surface area contributed by atoms with Gasteiger partial charge >= 0.3 is 6.09 Å². The summed E-state index contributed by atoms with van der Waals surface area (Å²) in [7, 11) is 0. The molecule has 1 atom stereocenters. The van der Waals surface area contributed by atoms with Crippen LogP contribution in [-0.2, 0) is 9.53 Å². The smallest absolute Gasteiger partial charge is 0.407 e. The third kappa shape index (κ3) is 10.8. The van der Waals surface area contributed by atoms with Crippen LogP contribution in [-0.4, -0.2) is 47.9 Å². The van der Waals surface area contributed by atoms with Crippen molar-refractivity contribution >= 4 is 17.8 Å². The van der Waals surface area contributed by atoms with Gasteiger partial charge in [0.1, 0.15) is 11.5 Å². The average Bonchev–Trinajstić information content (AvgIpc) is 2.68. The summed E-state index contributed by atoms with van der Waals surface area (Å²) in [6, 6.07) is 9.03. The summed E-state index contributed by atoms with van der Waals surface area (Å²) in [4.78, 5) is 40.4. The lowest BCUT2D eigenvalue weighted by Gasteiger charge is -2.30. The van der Waals surface area contributed by atoms with Crippen LogP contribution in [0.2, 0.25) is 0 Å². The Balaban J connectivity index is 2.83. The number of ether oxygens (including phenoxy) is 1. The van der Waals surface area contributed by atoms with Gasteiger partial charge in [-0.1, -0.05) is 64.4 Å². The first kappa shape index (κ1) is 27.7. The van der Waals surface area contributed by atoms with Crippen LogP contribution in [0.1, 0.15) is 78.1 Å². The van der Waals surface area contributed by atoms with Crippen molar-refractivity contribution in [1.82, 2.24) is 10.2 Å². The number of carbonyl (C=O) groups excluding carboxylic acids is 3. The molecule has 0 radical (unpaired) electrons. The van der Waals surface area contributed by atoms with Gasteiger partial charge in [-0.2, -0.15) is 0 Å². The lowest BCUT2D eigenvalue weighted by atomic mass is 9.90. The third-order valence-electron chi connectivity index (χ3n) is 4.74. The van der Waals surface area contributed by atoms with Gasteiger partial charge in [0.05, 0.1) is 0 Å². The van der Waals surface area contributed by atoms with Crippen LogP contribution in [0.3, 0.4) is 0 Å². The van der Waals surface area contributed by atoms with E-state index in [-0.39, 0.29) is 11.7 Å². The minimum Gasteiger partial charge on any atom is -0.444 e. The molecule has 1 aromatic carbocycles. The molecule has 0 aliphatic carbocycles. The van der Waals surface area contributed by atoms with Gasteiger partial charge in [0, 0.05) is 25.2 Å². The molecule has 1 aromatic rings. The molecule has 2 amide bonds. The maximum atomic E-state index is 13.5. The zero-order chi connectivity index (χ0) is 24.3. The molecular weight excluding hydrogens is 404 g/mol. The molecule has 6 heteroatoms. The number of unbranched alkanes of at least 4 members (excludes halogenated alkanes) is 1. The number of nitrogens with zero attached hydrogens (tertiary/aromatic N) is 1. The van der Waals surface area contributed by atoms with Gasteiger partial charge in [-0.15, -0.1) is 0 Å². The van der Waals surface area contributed by atoms with Crippen LogP contribution in [0.4, 0.5) is 4.79 Å². The first-order valence-corrected chi connectivity index (χ1v) is 11.8. The molecule has 0 fully saturated rings. The highest BCUT2D eigenvalue weighted by atomic mass is 16.6. The number of benzene rings is 1. The second kappa shape index (κ2) is 13.2. The number of alkyl carbamates (subject to hydrolysis) is 1. The second-order valence-corrected chi connectivity index (χ2v) is 10.2. The van der Waals surface area contributed by atoms with E-state index in [4.69, 9.17) is 4.74 Å². The molecule has 0 aliphatic heterocycles. The van der Waals surface area contributed by atoms with Gasteiger partial charge in [-0.3, -0.25) is 9.59 Å². The monoisotopic (exact) mass is 446 g/mol. The number of hydrogen-bond donors (Lipinski definition) is 1. The van der Waals surface area contributed by atoms with Crippen molar-refractivity contribution in [2.24, 2.45) is 17.8 Å². The largest absolute Gasteiger partial charge is 0.444 e. The van der Waals surface area contributed by atoms with Crippen molar-refractivity contribution in [3.63, 3.8) is 0 Å². The molecule has 6 nitrogen and oxygen atoms in total. The number of Topliss-reactive ketones (excluding diaryl/α,β-unsaturated/α-hetero) is 1. The molecular formula is C26H42N2O4. The van der Waals surface area contributed by atoms with Crippen molar-refractivity contribution in [2.45, 2.75) is 73.3 Å². The van der Waals surface area contributed by atoms with Crippen LogP contribution < -0.4 is 5.32 Å². The summed E-state index contributed by atoms with van der Waals surface area (Å²) < 4.78 is 5.24. The second-order valence-electron chi connectivity index (χ2n) is 10.2. The summed E-state index contributed by atoms with van der Waals surface area (Å²) in [5.74, 6) is -0.294. The number of amides is 2. The first-order valence-electron chi connectivity index (χ1n) is 11.8. The Labute approximate surface area is 194 Å². The minimum atomic E-state index is -0.712. The van der Waals surface area contributed by atoms with E-state index in [1.54, 1.807) is 12.1 Å². The van der Waals surface area contributed by atoms with E-state index in [1.807, 2.05) is 43.9 Å². The molecule has 0 unspecified atom stereocenters. The molecule has 1 rings (SSSR count). The Kier molecular flexibility index (Phi) is 11.4.